The lowest BCUT2D eigenvalue weighted by molar-refractivity contribution is 1.10. The lowest BCUT2D eigenvalue weighted by Gasteiger charge is -2.14. The van der Waals surface area contributed by atoms with E-state index in [0.29, 0.717) is 11.1 Å². The van der Waals surface area contributed by atoms with Crippen LogP contribution in [0.5, 0.6) is 0 Å². The monoisotopic (exact) mass is 220 g/mol. The van der Waals surface area contributed by atoms with Crippen molar-refractivity contribution in [2.24, 2.45) is 0 Å². The summed E-state index contributed by atoms with van der Waals surface area (Å²) >= 11 is 1.21. The first-order valence-corrected chi connectivity index (χ1v) is 5.34. The van der Waals surface area contributed by atoms with Gasteiger partial charge in [0.15, 0.2) is 0 Å². The Morgan fingerprint density at radius 2 is 1.93 bits per heavy atom. The van der Waals surface area contributed by atoms with Crippen molar-refractivity contribution in [2.45, 2.75) is 6.92 Å². The van der Waals surface area contributed by atoms with E-state index in [0.717, 1.165) is 5.69 Å². The molecule has 0 aliphatic rings. The summed E-state index contributed by atoms with van der Waals surface area (Å²) in [5.74, 6) is 0.640. The maximum atomic E-state index is 5.54. The molecule has 0 spiro atoms. The van der Waals surface area contributed by atoms with Crippen LogP contribution in [0, 0.1) is 6.92 Å². The third-order valence-electron chi connectivity index (χ3n) is 2.15. The Labute approximate surface area is 92.5 Å². The lowest BCUT2D eigenvalue weighted by atomic mass is 10.2. The molecule has 0 atom stereocenters. The zero-order valence-corrected chi connectivity index (χ0v) is 9.45. The summed E-state index contributed by atoms with van der Waals surface area (Å²) in [5.41, 5.74) is 7.83. The maximum Gasteiger partial charge on any atom is 0.243 e. The van der Waals surface area contributed by atoms with Gasteiger partial charge in [-0.25, -0.2) is 0 Å². The summed E-state index contributed by atoms with van der Waals surface area (Å²) in [7, 11) is 1.92. The molecular weight excluding hydrogens is 208 g/mol. The Hall–Kier alpha value is -1.62. The van der Waals surface area contributed by atoms with E-state index < -0.39 is 0 Å². The van der Waals surface area contributed by atoms with E-state index in [-0.39, 0.29) is 0 Å². The minimum absolute atomic E-state index is 0.490. The van der Waals surface area contributed by atoms with Gasteiger partial charge in [-0.15, -0.1) is 0 Å². The standard InChI is InChI=1S/C10H12N4S/c1-7-3-5-8(6-4-7)14(2)10-12-9(11)15-13-10/h3-6H,1-2H3,(H2,11,12,13). The van der Waals surface area contributed by atoms with Crippen LogP contribution in [0.4, 0.5) is 16.8 Å². The van der Waals surface area contributed by atoms with Crippen LogP contribution in [0.15, 0.2) is 24.3 Å². The van der Waals surface area contributed by atoms with Gasteiger partial charge in [0.2, 0.25) is 11.1 Å². The number of anilines is 3. The molecule has 0 saturated carbocycles. The zero-order valence-electron chi connectivity index (χ0n) is 8.64. The topological polar surface area (TPSA) is 55.0 Å². The van der Waals surface area contributed by atoms with Crippen LogP contribution in [0.25, 0.3) is 0 Å². The summed E-state index contributed by atoms with van der Waals surface area (Å²) in [5, 5.41) is 0.490. The van der Waals surface area contributed by atoms with E-state index in [1.807, 2.05) is 24.1 Å². The Kier molecular flexibility index (Phi) is 2.55. The molecule has 2 rings (SSSR count). The Bertz CT molecular complexity index is 449. The second kappa shape index (κ2) is 3.86. The maximum absolute atomic E-state index is 5.54. The van der Waals surface area contributed by atoms with Crippen molar-refractivity contribution in [2.75, 3.05) is 17.7 Å². The third kappa shape index (κ3) is 2.07. The molecule has 0 saturated heterocycles. The molecule has 1 aromatic carbocycles. The van der Waals surface area contributed by atoms with Crippen LogP contribution < -0.4 is 10.6 Å². The molecule has 0 aliphatic carbocycles. The van der Waals surface area contributed by atoms with E-state index in [9.17, 15) is 0 Å². The molecule has 0 unspecified atom stereocenters. The number of nitrogens with two attached hydrogens (primary N) is 1. The molecule has 2 N–H and O–H groups in total. The molecule has 0 aliphatic heterocycles. The van der Waals surface area contributed by atoms with Gasteiger partial charge in [-0.3, -0.25) is 0 Å². The summed E-state index contributed by atoms with van der Waals surface area (Å²) < 4.78 is 4.15. The van der Waals surface area contributed by atoms with Crippen molar-refractivity contribution in [3.05, 3.63) is 29.8 Å². The summed E-state index contributed by atoms with van der Waals surface area (Å²) in [6.07, 6.45) is 0. The summed E-state index contributed by atoms with van der Waals surface area (Å²) in [6.45, 7) is 2.06. The molecule has 15 heavy (non-hydrogen) atoms. The average Bonchev–Trinajstić information content (AvgIpc) is 2.65. The van der Waals surface area contributed by atoms with E-state index in [1.165, 1.54) is 17.1 Å². The van der Waals surface area contributed by atoms with E-state index in [1.54, 1.807) is 0 Å². The van der Waals surface area contributed by atoms with Crippen molar-refractivity contribution in [3.63, 3.8) is 0 Å². The quantitative estimate of drug-likeness (QED) is 0.843. The molecule has 1 heterocycles. The predicted octanol–water partition coefficient (Wildman–Crippen LogP) is 2.20. The Morgan fingerprint density at radius 3 is 2.47 bits per heavy atom. The van der Waals surface area contributed by atoms with E-state index >= 15 is 0 Å². The number of rotatable bonds is 2. The minimum atomic E-state index is 0.490. The van der Waals surface area contributed by atoms with Crippen molar-refractivity contribution >= 4 is 28.3 Å². The smallest absolute Gasteiger partial charge is 0.243 e. The van der Waals surface area contributed by atoms with Crippen molar-refractivity contribution in [1.82, 2.24) is 9.36 Å². The summed E-state index contributed by atoms with van der Waals surface area (Å²) in [6, 6.07) is 8.18. The fourth-order valence-corrected chi connectivity index (χ4v) is 1.71. The molecule has 5 heteroatoms. The lowest BCUT2D eigenvalue weighted by Crippen LogP contribution is -2.10. The second-order valence-electron chi connectivity index (χ2n) is 3.33. The number of aryl methyl sites for hydroxylation is 1. The molecule has 2 aromatic rings. The summed E-state index contributed by atoms with van der Waals surface area (Å²) in [4.78, 5) is 6.03. The number of nitrogen functional groups attached to an aromatic ring is 1. The van der Waals surface area contributed by atoms with Crippen LogP contribution in [0.3, 0.4) is 0 Å². The number of hydrogen-bond acceptors (Lipinski definition) is 5. The zero-order chi connectivity index (χ0) is 10.8. The second-order valence-corrected chi connectivity index (χ2v) is 4.11. The van der Waals surface area contributed by atoms with Gasteiger partial charge in [0.25, 0.3) is 0 Å². The van der Waals surface area contributed by atoms with Crippen LogP contribution >= 0.6 is 11.5 Å². The number of hydrogen-bond donors (Lipinski definition) is 1. The van der Waals surface area contributed by atoms with E-state index in [2.05, 4.69) is 28.4 Å². The highest BCUT2D eigenvalue weighted by Gasteiger charge is 2.08. The predicted molar refractivity (Wildman–Crippen MR) is 63.6 cm³/mol. The largest absolute Gasteiger partial charge is 0.374 e. The van der Waals surface area contributed by atoms with Crippen molar-refractivity contribution in [3.8, 4) is 0 Å². The molecule has 1 aromatic heterocycles. The highest BCUT2D eigenvalue weighted by Crippen LogP contribution is 2.22. The van der Waals surface area contributed by atoms with Gasteiger partial charge in [-0.05, 0) is 19.1 Å². The van der Waals surface area contributed by atoms with Gasteiger partial charge in [0, 0.05) is 24.3 Å². The van der Waals surface area contributed by atoms with Crippen LogP contribution in [0.1, 0.15) is 5.56 Å². The highest BCUT2D eigenvalue weighted by molar-refractivity contribution is 7.09. The molecular formula is C10H12N4S. The van der Waals surface area contributed by atoms with Crippen LogP contribution in [-0.2, 0) is 0 Å². The van der Waals surface area contributed by atoms with Gasteiger partial charge in [-0.1, -0.05) is 17.7 Å². The number of nitrogens with zero attached hydrogens (tertiary/aromatic N) is 3. The Balaban J connectivity index is 2.28. The van der Waals surface area contributed by atoms with Gasteiger partial charge in [-0.2, -0.15) is 9.36 Å². The molecule has 0 amide bonds. The fraction of sp³-hybridized carbons (Fsp3) is 0.200. The highest BCUT2D eigenvalue weighted by atomic mass is 32.1. The number of benzene rings is 1. The molecule has 0 bridgehead atoms. The Morgan fingerprint density at radius 1 is 1.27 bits per heavy atom. The third-order valence-corrected chi connectivity index (χ3v) is 2.69. The molecule has 0 fully saturated rings. The number of aromatic nitrogens is 2. The average molecular weight is 220 g/mol. The van der Waals surface area contributed by atoms with Gasteiger partial charge < -0.3 is 10.6 Å². The normalized spacial score (nSPS) is 10.3. The van der Waals surface area contributed by atoms with Crippen molar-refractivity contribution in [1.29, 1.82) is 0 Å². The van der Waals surface area contributed by atoms with Crippen LogP contribution in [-0.4, -0.2) is 16.4 Å². The molecule has 0 radical (unpaired) electrons. The van der Waals surface area contributed by atoms with Crippen molar-refractivity contribution < 1.29 is 0 Å². The first-order chi connectivity index (χ1) is 7.16. The SMILES string of the molecule is Cc1ccc(N(C)c2nsc(N)n2)cc1. The van der Waals surface area contributed by atoms with Gasteiger partial charge >= 0.3 is 0 Å². The fourth-order valence-electron chi connectivity index (χ4n) is 1.25. The first kappa shape index (κ1) is 9.92. The van der Waals surface area contributed by atoms with Gasteiger partial charge in [0.05, 0.1) is 0 Å². The molecule has 78 valence electrons. The van der Waals surface area contributed by atoms with Gasteiger partial charge in [0.1, 0.15) is 0 Å². The first-order valence-electron chi connectivity index (χ1n) is 4.56. The molecule has 4 nitrogen and oxygen atoms in total. The van der Waals surface area contributed by atoms with Crippen LogP contribution in [0.2, 0.25) is 0 Å². The van der Waals surface area contributed by atoms with E-state index in [4.69, 9.17) is 5.73 Å². The minimum Gasteiger partial charge on any atom is -0.374 e.